The van der Waals surface area contributed by atoms with Gasteiger partial charge >= 0.3 is 0 Å². The summed E-state index contributed by atoms with van der Waals surface area (Å²) in [6.07, 6.45) is 2.13. The van der Waals surface area contributed by atoms with E-state index >= 15 is 0 Å². The highest BCUT2D eigenvalue weighted by atomic mass is 16.5. The smallest absolute Gasteiger partial charge is 0.227 e. The topological polar surface area (TPSA) is 38.8 Å². The maximum atomic E-state index is 12.6. The van der Waals surface area contributed by atoms with Gasteiger partial charge in [0.2, 0.25) is 5.91 Å². The van der Waals surface area contributed by atoms with Crippen molar-refractivity contribution < 1.29 is 14.3 Å². The predicted octanol–water partition coefficient (Wildman–Crippen LogP) is 3.83. The zero-order valence-electron chi connectivity index (χ0n) is 14.2. The molecule has 0 N–H and O–H groups in total. The van der Waals surface area contributed by atoms with E-state index in [1.54, 1.807) is 7.11 Å². The average Bonchev–Trinajstić information content (AvgIpc) is 2.95. The highest BCUT2D eigenvalue weighted by molar-refractivity contribution is 5.96. The first-order valence-corrected chi connectivity index (χ1v) is 8.36. The summed E-state index contributed by atoms with van der Waals surface area (Å²) in [5.41, 5.74) is 2.32. The molecular formula is C20H23NO3. The Balaban J connectivity index is 1.49. The lowest BCUT2D eigenvalue weighted by atomic mass is 10.1. The fraction of sp³-hybridized carbons (Fsp3) is 0.350. The van der Waals surface area contributed by atoms with Crippen molar-refractivity contribution in [2.75, 3.05) is 18.6 Å². The van der Waals surface area contributed by atoms with Crippen LogP contribution in [0.4, 0.5) is 5.69 Å². The van der Waals surface area contributed by atoms with Gasteiger partial charge in [0.05, 0.1) is 13.7 Å². The number of methoxy groups -OCH3 is 1. The number of amides is 1. The molecule has 0 spiro atoms. The van der Waals surface area contributed by atoms with Crippen LogP contribution in [-0.4, -0.2) is 25.7 Å². The molecule has 0 aliphatic carbocycles. The summed E-state index contributed by atoms with van der Waals surface area (Å²) < 4.78 is 10.8. The second-order valence-corrected chi connectivity index (χ2v) is 6.07. The molecule has 1 amide bonds. The van der Waals surface area contributed by atoms with Gasteiger partial charge in [-0.15, -0.1) is 0 Å². The fourth-order valence-corrected chi connectivity index (χ4v) is 3.15. The molecule has 1 atom stereocenters. The molecule has 126 valence electrons. The SMILES string of the molecule is COc1ccc(OCCCC(=O)N2c3ccccc3C[C@@H]2C)cc1. The third kappa shape index (κ3) is 3.53. The largest absolute Gasteiger partial charge is 0.497 e. The van der Waals surface area contributed by atoms with E-state index in [-0.39, 0.29) is 11.9 Å². The standard InChI is InChI=1S/C20H23NO3/c1-15-14-16-6-3-4-7-19(16)21(15)20(22)8-5-13-24-18-11-9-17(23-2)10-12-18/h3-4,6-7,9-12,15H,5,8,13-14H2,1-2H3/t15-/m0/s1. The maximum absolute atomic E-state index is 12.6. The van der Waals surface area contributed by atoms with Gasteiger partial charge in [-0.1, -0.05) is 18.2 Å². The first-order chi connectivity index (χ1) is 11.7. The first-order valence-electron chi connectivity index (χ1n) is 8.36. The lowest BCUT2D eigenvalue weighted by molar-refractivity contribution is -0.119. The van der Waals surface area contributed by atoms with Gasteiger partial charge in [0.1, 0.15) is 11.5 Å². The predicted molar refractivity (Wildman–Crippen MR) is 94.8 cm³/mol. The molecule has 1 aliphatic heterocycles. The van der Waals surface area contributed by atoms with Crippen LogP contribution in [0.25, 0.3) is 0 Å². The molecule has 1 heterocycles. The van der Waals surface area contributed by atoms with E-state index in [9.17, 15) is 4.79 Å². The molecule has 4 nitrogen and oxygen atoms in total. The summed E-state index contributed by atoms with van der Waals surface area (Å²) in [6.45, 7) is 2.63. The summed E-state index contributed by atoms with van der Waals surface area (Å²) in [5, 5.41) is 0. The Bertz CT molecular complexity index is 696. The Kier molecular flexibility index (Phi) is 5.04. The van der Waals surface area contributed by atoms with Crippen LogP contribution in [-0.2, 0) is 11.2 Å². The molecule has 0 bridgehead atoms. The molecular weight excluding hydrogens is 302 g/mol. The number of benzene rings is 2. The summed E-state index contributed by atoms with van der Waals surface area (Å²) >= 11 is 0. The van der Waals surface area contributed by atoms with Crippen LogP contribution in [0.15, 0.2) is 48.5 Å². The van der Waals surface area contributed by atoms with Crippen molar-refractivity contribution in [1.29, 1.82) is 0 Å². The van der Waals surface area contributed by atoms with Crippen LogP contribution in [0.5, 0.6) is 11.5 Å². The van der Waals surface area contributed by atoms with Gasteiger partial charge in [-0.25, -0.2) is 0 Å². The molecule has 0 unspecified atom stereocenters. The fourth-order valence-electron chi connectivity index (χ4n) is 3.15. The second kappa shape index (κ2) is 7.39. The molecule has 0 fully saturated rings. The molecule has 1 aliphatic rings. The van der Waals surface area contributed by atoms with Crippen LogP contribution in [0.2, 0.25) is 0 Å². The Labute approximate surface area is 143 Å². The quantitative estimate of drug-likeness (QED) is 0.758. The monoisotopic (exact) mass is 325 g/mol. The number of anilines is 1. The van der Waals surface area contributed by atoms with Crippen LogP contribution in [0.1, 0.15) is 25.3 Å². The van der Waals surface area contributed by atoms with Crippen molar-refractivity contribution in [2.45, 2.75) is 32.2 Å². The molecule has 24 heavy (non-hydrogen) atoms. The lowest BCUT2D eigenvalue weighted by Gasteiger charge is -2.22. The van der Waals surface area contributed by atoms with E-state index in [4.69, 9.17) is 9.47 Å². The van der Waals surface area contributed by atoms with Crippen LogP contribution >= 0.6 is 0 Å². The van der Waals surface area contributed by atoms with Crippen molar-refractivity contribution in [3.63, 3.8) is 0 Å². The summed E-state index contributed by atoms with van der Waals surface area (Å²) in [6, 6.07) is 15.9. The van der Waals surface area contributed by atoms with E-state index in [2.05, 4.69) is 13.0 Å². The Morgan fingerprint density at radius 1 is 1.12 bits per heavy atom. The zero-order valence-corrected chi connectivity index (χ0v) is 14.2. The van der Waals surface area contributed by atoms with Gasteiger partial charge in [0.15, 0.2) is 0 Å². The van der Waals surface area contributed by atoms with Gasteiger partial charge in [-0.05, 0) is 55.7 Å². The number of hydrogen-bond acceptors (Lipinski definition) is 3. The molecule has 2 aromatic carbocycles. The van der Waals surface area contributed by atoms with Crippen molar-refractivity contribution in [3.05, 3.63) is 54.1 Å². The van der Waals surface area contributed by atoms with Crippen LogP contribution in [0, 0.1) is 0 Å². The molecule has 3 rings (SSSR count). The molecule has 0 radical (unpaired) electrons. The highest BCUT2D eigenvalue weighted by Gasteiger charge is 2.29. The second-order valence-electron chi connectivity index (χ2n) is 6.07. The van der Waals surface area contributed by atoms with Crippen molar-refractivity contribution in [1.82, 2.24) is 0 Å². The van der Waals surface area contributed by atoms with Gasteiger partial charge in [-0.3, -0.25) is 4.79 Å². The van der Waals surface area contributed by atoms with E-state index < -0.39 is 0 Å². The van der Waals surface area contributed by atoms with E-state index in [0.717, 1.165) is 23.6 Å². The summed E-state index contributed by atoms with van der Waals surface area (Å²) in [4.78, 5) is 14.5. The summed E-state index contributed by atoms with van der Waals surface area (Å²) in [7, 11) is 1.64. The minimum absolute atomic E-state index is 0.172. The molecule has 0 saturated carbocycles. The minimum atomic E-state index is 0.172. The lowest BCUT2D eigenvalue weighted by Crippen LogP contribution is -2.35. The van der Waals surface area contributed by atoms with Gasteiger partial charge in [0, 0.05) is 18.2 Å². The molecule has 0 saturated heterocycles. The van der Waals surface area contributed by atoms with E-state index in [1.165, 1.54) is 5.56 Å². The number of ether oxygens (including phenoxy) is 2. The number of fused-ring (bicyclic) bond motifs is 1. The zero-order chi connectivity index (χ0) is 16.9. The third-order valence-corrected chi connectivity index (χ3v) is 4.34. The molecule has 0 aromatic heterocycles. The maximum Gasteiger partial charge on any atom is 0.227 e. The van der Waals surface area contributed by atoms with Crippen molar-refractivity contribution >= 4 is 11.6 Å². The molecule has 2 aromatic rings. The first kappa shape index (κ1) is 16.4. The van der Waals surface area contributed by atoms with Crippen molar-refractivity contribution in [3.8, 4) is 11.5 Å². The number of para-hydroxylation sites is 1. The molecule has 4 heteroatoms. The number of rotatable bonds is 6. The van der Waals surface area contributed by atoms with E-state index in [0.29, 0.717) is 19.4 Å². The number of nitrogens with zero attached hydrogens (tertiary/aromatic N) is 1. The minimum Gasteiger partial charge on any atom is -0.497 e. The number of carbonyl (C=O) groups excluding carboxylic acids is 1. The van der Waals surface area contributed by atoms with Gasteiger partial charge in [-0.2, -0.15) is 0 Å². The van der Waals surface area contributed by atoms with E-state index in [1.807, 2.05) is 47.4 Å². The average molecular weight is 325 g/mol. The normalized spacial score (nSPS) is 15.9. The third-order valence-electron chi connectivity index (χ3n) is 4.34. The Morgan fingerprint density at radius 2 is 1.83 bits per heavy atom. The van der Waals surface area contributed by atoms with Crippen molar-refractivity contribution in [2.24, 2.45) is 0 Å². The van der Waals surface area contributed by atoms with Gasteiger partial charge in [0.25, 0.3) is 0 Å². The van der Waals surface area contributed by atoms with Gasteiger partial charge < -0.3 is 14.4 Å². The van der Waals surface area contributed by atoms with Crippen LogP contribution in [0.3, 0.4) is 0 Å². The Morgan fingerprint density at radius 3 is 2.58 bits per heavy atom. The summed E-state index contributed by atoms with van der Waals surface area (Å²) in [5.74, 6) is 1.77. The highest BCUT2D eigenvalue weighted by Crippen LogP contribution is 2.32. The number of hydrogen-bond donors (Lipinski definition) is 0. The number of carbonyl (C=O) groups is 1. The van der Waals surface area contributed by atoms with Crippen LogP contribution < -0.4 is 14.4 Å². The Hall–Kier alpha value is -2.49.